The van der Waals surface area contributed by atoms with Crippen molar-refractivity contribution < 1.29 is 18.3 Å². The minimum absolute atomic E-state index is 0.0172. The molecule has 0 unspecified atom stereocenters. The second-order valence-electron chi connectivity index (χ2n) is 7.25. The molecular weight excluding hydrogens is 420 g/mol. The van der Waals surface area contributed by atoms with Crippen molar-refractivity contribution in [3.63, 3.8) is 0 Å². The monoisotopic (exact) mass is 443 g/mol. The number of nitrogens with one attached hydrogen (secondary N) is 2. The molecule has 0 atom stereocenters. The summed E-state index contributed by atoms with van der Waals surface area (Å²) in [5.74, 6) is -2.26. The van der Waals surface area contributed by atoms with Crippen LogP contribution in [-0.4, -0.2) is 47.8 Å². The third-order valence-electron chi connectivity index (χ3n) is 4.45. The topological polar surface area (TPSA) is 88.5 Å². The lowest BCUT2D eigenvalue weighted by molar-refractivity contribution is 0.0951. The van der Waals surface area contributed by atoms with Crippen LogP contribution in [0.2, 0.25) is 0 Å². The van der Waals surface area contributed by atoms with E-state index in [1.165, 1.54) is 13.2 Å². The molecule has 3 aromatic rings. The molecule has 0 aliphatic rings. The molecule has 0 aliphatic carbocycles. The molecular formula is C22H23F2N5O3. The molecule has 2 aromatic carbocycles. The van der Waals surface area contributed by atoms with Crippen molar-refractivity contribution in [1.29, 1.82) is 0 Å². The molecule has 0 bridgehead atoms. The summed E-state index contributed by atoms with van der Waals surface area (Å²) in [6.07, 6.45) is 1.24. The average molecular weight is 443 g/mol. The smallest absolute Gasteiger partial charge is 0.294 e. The Morgan fingerprint density at radius 3 is 2.66 bits per heavy atom. The van der Waals surface area contributed by atoms with Gasteiger partial charge in [-0.25, -0.2) is 13.5 Å². The molecule has 0 saturated heterocycles. The molecule has 0 saturated carbocycles. The largest absolute Gasteiger partial charge is 0.450 e. The standard InChI is InChI=1S/C22H23F2N5O3/c1-28(2)10-9-25-21(30)14-5-4-6-16(11-14)27-20-19(13-26-29(3)22(20)31)32-18-8-7-15(23)12-17(18)24/h4-8,11-13,27H,9-10H2,1-3H3,(H,25,30). The Morgan fingerprint density at radius 1 is 1.16 bits per heavy atom. The first-order valence-corrected chi connectivity index (χ1v) is 9.74. The maximum Gasteiger partial charge on any atom is 0.294 e. The average Bonchev–Trinajstić information content (AvgIpc) is 2.75. The number of carbonyl (C=O) groups is 1. The summed E-state index contributed by atoms with van der Waals surface area (Å²) in [6, 6.07) is 9.38. The molecule has 3 rings (SSSR count). The Morgan fingerprint density at radius 2 is 1.94 bits per heavy atom. The first-order chi connectivity index (χ1) is 15.2. The van der Waals surface area contributed by atoms with E-state index in [4.69, 9.17) is 4.74 Å². The summed E-state index contributed by atoms with van der Waals surface area (Å²) in [6.45, 7) is 1.17. The predicted octanol–water partition coefficient (Wildman–Crippen LogP) is 2.89. The van der Waals surface area contributed by atoms with Crippen molar-refractivity contribution in [1.82, 2.24) is 20.0 Å². The summed E-state index contributed by atoms with van der Waals surface area (Å²) >= 11 is 0. The molecule has 32 heavy (non-hydrogen) atoms. The number of halogens is 2. The van der Waals surface area contributed by atoms with Gasteiger partial charge >= 0.3 is 0 Å². The summed E-state index contributed by atoms with van der Waals surface area (Å²) in [7, 11) is 5.26. The van der Waals surface area contributed by atoms with Gasteiger partial charge in [-0.3, -0.25) is 9.59 Å². The molecule has 8 nitrogen and oxygen atoms in total. The van der Waals surface area contributed by atoms with E-state index in [2.05, 4.69) is 15.7 Å². The molecule has 0 fully saturated rings. The fourth-order valence-electron chi connectivity index (χ4n) is 2.77. The van der Waals surface area contributed by atoms with E-state index in [1.54, 1.807) is 24.3 Å². The number of nitrogens with zero attached hydrogens (tertiary/aromatic N) is 3. The highest BCUT2D eigenvalue weighted by Gasteiger charge is 2.16. The van der Waals surface area contributed by atoms with Gasteiger partial charge in [0.15, 0.2) is 23.0 Å². The lowest BCUT2D eigenvalue weighted by Gasteiger charge is -2.14. The zero-order valence-electron chi connectivity index (χ0n) is 17.9. The molecule has 2 N–H and O–H groups in total. The number of likely N-dealkylation sites (N-methyl/N-ethyl adjacent to an activating group) is 1. The fourth-order valence-corrected chi connectivity index (χ4v) is 2.77. The van der Waals surface area contributed by atoms with Crippen LogP contribution in [-0.2, 0) is 7.05 Å². The molecule has 168 valence electrons. The van der Waals surface area contributed by atoms with E-state index in [0.29, 0.717) is 30.4 Å². The van der Waals surface area contributed by atoms with Crippen LogP contribution in [0.5, 0.6) is 11.5 Å². The third-order valence-corrected chi connectivity index (χ3v) is 4.45. The van der Waals surface area contributed by atoms with E-state index in [0.717, 1.165) is 16.8 Å². The number of ether oxygens (including phenoxy) is 1. The van der Waals surface area contributed by atoms with Crippen molar-refractivity contribution in [3.8, 4) is 11.5 Å². The van der Waals surface area contributed by atoms with Crippen LogP contribution in [0.4, 0.5) is 20.2 Å². The van der Waals surface area contributed by atoms with E-state index >= 15 is 0 Å². The normalized spacial score (nSPS) is 10.8. The summed E-state index contributed by atoms with van der Waals surface area (Å²) < 4.78 is 33.8. The van der Waals surface area contributed by atoms with Crippen molar-refractivity contribution in [3.05, 3.63) is 76.2 Å². The predicted molar refractivity (Wildman–Crippen MR) is 117 cm³/mol. The Bertz CT molecular complexity index is 1180. The van der Waals surface area contributed by atoms with E-state index in [9.17, 15) is 18.4 Å². The van der Waals surface area contributed by atoms with Crippen molar-refractivity contribution in [2.45, 2.75) is 0 Å². The summed E-state index contributed by atoms with van der Waals surface area (Å²) in [4.78, 5) is 27.0. The highest BCUT2D eigenvalue weighted by molar-refractivity contribution is 5.95. The number of carbonyl (C=O) groups excluding carboxylic acids is 1. The molecule has 1 heterocycles. The fraction of sp³-hybridized carbons (Fsp3) is 0.227. The zero-order chi connectivity index (χ0) is 23.3. The lowest BCUT2D eigenvalue weighted by atomic mass is 10.2. The number of rotatable bonds is 8. The van der Waals surface area contributed by atoms with Gasteiger partial charge in [-0.15, -0.1) is 0 Å². The Hall–Kier alpha value is -3.79. The number of aromatic nitrogens is 2. The van der Waals surface area contributed by atoms with Crippen molar-refractivity contribution in [2.75, 3.05) is 32.5 Å². The first-order valence-electron chi connectivity index (χ1n) is 9.74. The van der Waals surface area contributed by atoms with Gasteiger partial charge in [-0.2, -0.15) is 5.10 Å². The number of benzene rings is 2. The molecule has 1 aromatic heterocycles. The van der Waals surface area contributed by atoms with Crippen LogP contribution in [0.25, 0.3) is 0 Å². The van der Waals surface area contributed by atoms with Gasteiger partial charge in [0.2, 0.25) is 0 Å². The number of hydrogen-bond acceptors (Lipinski definition) is 6. The number of aryl methyl sites for hydroxylation is 1. The van der Waals surface area contributed by atoms with Crippen LogP contribution in [0, 0.1) is 11.6 Å². The van der Waals surface area contributed by atoms with Crippen LogP contribution < -0.4 is 20.9 Å². The van der Waals surface area contributed by atoms with Gasteiger partial charge in [0.05, 0.1) is 6.20 Å². The minimum Gasteiger partial charge on any atom is -0.450 e. The van der Waals surface area contributed by atoms with Crippen LogP contribution in [0.15, 0.2) is 53.5 Å². The molecule has 10 heteroatoms. The number of hydrogen-bond donors (Lipinski definition) is 2. The van der Waals surface area contributed by atoms with Crippen molar-refractivity contribution >= 4 is 17.3 Å². The molecule has 0 spiro atoms. The van der Waals surface area contributed by atoms with Gasteiger partial charge in [-0.1, -0.05) is 6.07 Å². The Labute approximate surface area is 183 Å². The van der Waals surface area contributed by atoms with Crippen LogP contribution in [0.3, 0.4) is 0 Å². The maximum atomic E-state index is 14.0. The van der Waals surface area contributed by atoms with E-state index in [1.807, 2.05) is 19.0 Å². The zero-order valence-corrected chi connectivity index (χ0v) is 17.9. The van der Waals surface area contributed by atoms with Crippen molar-refractivity contribution in [2.24, 2.45) is 7.05 Å². The second kappa shape index (κ2) is 10.0. The number of anilines is 2. The second-order valence-corrected chi connectivity index (χ2v) is 7.25. The summed E-state index contributed by atoms with van der Waals surface area (Å²) in [5, 5.41) is 9.63. The van der Waals surface area contributed by atoms with Gasteiger partial charge in [0.25, 0.3) is 11.5 Å². The molecule has 0 radical (unpaired) electrons. The van der Waals surface area contributed by atoms with Crippen LogP contribution >= 0.6 is 0 Å². The Balaban J connectivity index is 1.86. The minimum atomic E-state index is -0.923. The van der Waals surface area contributed by atoms with Gasteiger partial charge in [-0.05, 0) is 44.4 Å². The summed E-state index contributed by atoms with van der Waals surface area (Å²) in [5.41, 5.74) is 0.284. The number of amides is 1. The molecule has 0 aliphatic heterocycles. The highest BCUT2D eigenvalue weighted by atomic mass is 19.1. The quantitative estimate of drug-likeness (QED) is 0.557. The van der Waals surface area contributed by atoms with Gasteiger partial charge in [0, 0.05) is 37.5 Å². The first kappa shape index (κ1) is 22.9. The maximum absolute atomic E-state index is 14.0. The van der Waals surface area contributed by atoms with Gasteiger partial charge < -0.3 is 20.3 Å². The Kier molecular flexibility index (Phi) is 7.16. The molecule has 1 amide bonds. The van der Waals surface area contributed by atoms with Crippen LogP contribution in [0.1, 0.15) is 10.4 Å². The lowest BCUT2D eigenvalue weighted by Crippen LogP contribution is -2.31. The third kappa shape index (κ3) is 5.67. The van der Waals surface area contributed by atoms with Gasteiger partial charge in [0.1, 0.15) is 5.82 Å². The highest BCUT2D eigenvalue weighted by Crippen LogP contribution is 2.30. The van der Waals surface area contributed by atoms with E-state index in [-0.39, 0.29) is 23.1 Å². The SMILES string of the molecule is CN(C)CCNC(=O)c1cccc(Nc2c(Oc3ccc(F)cc3F)cnn(C)c2=O)c1. The van der Waals surface area contributed by atoms with E-state index < -0.39 is 17.2 Å².